The molecule has 0 saturated carbocycles. The van der Waals surface area contributed by atoms with Gasteiger partial charge in [0, 0.05) is 12.3 Å². The number of carbonyl (C=O) groups excluding carboxylic acids is 3. The molecular formula is C27H25NO3. The number of hydrogen-bond acceptors (Lipinski definition) is 3. The van der Waals surface area contributed by atoms with Gasteiger partial charge >= 0.3 is 0 Å². The molecule has 0 radical (unpaired) electrons. The number of hydrogen-bond donors (Lipinski definition) is 1. The minimum atomic E-state index is -1.21. The van der Waals surface area contributed by atoms with Crippen molar-refractivity contribution in [1.29, 1.82) is 0 Å². The highest BCUT2D eigenvalue weighted by molar-refractivity contribution is 6.24. The lowest BCUT2D eigenvalue weighted by Gasteiger charge is -2.18. The molecule has 31 heavy (non-hydrogen) atoms. The summed E-state index contributed by atoms with van der Waals surface area (Å²) in [4.78, 5) is 38.6. The molecule has 156 valence electrons. The largest absolute Gasteiger partial charge is 0.345 e. The smallest absolute Gasteiger partial charge is 0.238 e. The van der Waals surface area contributed by atoms with Crippen LogP contribution in [0.3, 0.4) is 0 Å². The van der Waals surface area contributed by atoms with Crippen molar-refractivity contribution < 1.29 is 14.4 Å². The van der Waals surface area contributed by atoms with Crippen molar-refractivity contribution in [2.75, 3.05) is 0 Å². The van der Waals surface area contributed by atoms with E-state index in [0.29, 0.717) is 12.8 Å². The van der Waals surface area contributed by atoms with Gasteiger partial charge in [-0.15, -0.1) is 0 Å². The van der Waals surface area contributed by atoms with Gasteiger partial charge in [0.1, 0.15) is 0 Å². The second kappa shape index (κ2) is 9.52. The molecular weight excluding hydrogens is 386 g/mol. The van der Waals surface area contributed by atoms with Gasteiger partial charge in [-0.1, -0.05) is 91.0 Å². The Morgan fingerprint density at radius 2 is 1.29 bits per heavy atom. The number of aryl methyl sites for hydroxylation is 1. The van der Waals surface area contributed by atoms with Crippen LogP contribution < -0.4 is 5.32 Å². The molecule has 4 heteroatoms. The van der Waals surface area contributed by atoms with Crippen LogP contribution in [-0.2, 0) is 20.8 Å². The number of amides is 1. The van der Waals surface area contributed by atoms with Crippen molar-refractivity contribution in [2.24, 2.45) is 5.92 Å². The summed E-state index contributed by atoms with van der Waals surface area (Å²) in [7, 11) is 0. The topological polar surface area (TPSA) is 63.2 Å². The van der Waals surface area contributed by atoms with Crippen molar-refractivity contribution in [3.05, 3.63) is 108 Å². The second-order valence-corrected chi connectivity index (χ2v) is 7.97. The Morgan fingerprint density at radius 1 is 0.774 bits per heavy atom. The van der Waals surface area contributed by atoms with Gasteiger partial charge in [-0.05, 0) is 29.5 Å². The zero-order valence-corrected chi connectivity index (χ0v) is 17.2. The minimum Gasteiger partial charge on any atom is -0.345 e. The normalized spacial score (nSPS) is 18.2. The number of ketones is 2. The van der Waals surface area contributed by atoms with Crippen LogP contribution in [0.25, 0.3) is 0 Å². The summed E-state index contributed by atoms with van der Waals surface area (Å²) in [6, 6.07) is 28.7. The zero-order valence-electron chi connectivity index (χ0n) is 17.2. The Balaban J connectivity index is 1.48. The number of Topliss-reactive ketones (excluding diaryl/α,β-unsaturated/α-hetero) is 2. The first-order valence-corrected chi connectivity index (χ1v) is 10.6. The molecule has 3 aromatic rings. The summed E-state index contributed by atoms with van der Waals surface area (Å²) in [5.74, 6) is -2.49. The van der Waals surface area contributed by atoms with Crippen LogP contribution in [0.2, 0.25) is 0 Å². The number of nitrogens with one attached hydrogen (secondary N) is 1. The van der Waals surface area contributed by atoms with Crippen LogP contribution in [0.4, 0.5) is 0 Å². The molecule has 2 atom stereocenters. The standard InChI is InChI=1S/C27H25NO3/c29-24(18-22(20-12-6-2-7-13-20)21-14-8-3-9-15-21)25-26(30)23(28-27(25)31)17-16-19-10-4-1-5-11-19/h1-15,22-23,25H,16-18H2,(H,28,31). The zero-order chi connectivity index (χ0) is 21.6. The van der Waals surface area contributed by atoms with E-state index < -0.39 is 17.9 Å². The molecule has 1 amide bonds. The first kappa shape index (κ1) is 20.7. The average Bonchev–Trinajstić information content (AvgIpc) is 3.10. The van der Waals surface area contributed by atoms with E-state index in [1.54, 1.807) is 0 Å². The molecule has 0 bridgehead atoms. The maximum Gasteiger partial charge on any atom is 0.238 e. The highest BCUT2D eigenvalue weighted by atomic mass is 16.2. The second-order valence-electron chi connectivity index (χ2n) is 7.97. The SMILES string of the molecule is O=C(CC(c1ccccc1)c1ccccc1)C1C(=O)NC(CCc2ccccc2)C1=O. The van der Waals surface area contributed by atoms with Crippen molar-refractivity contribution in [3.8, 4) is 0 Å². The van der Waals surface area contributed by atoms with Gasteiger partial charge in [0.15, 0.2) is 17.5 Å². The van der Waals surface area contributed by atoms with Gasteiger partial charge in [-0.3, -0.25) is 14.4 Å². The average molecular weight is 412 g/mol. The van der Waals surface area contributed by atoms with E-state index in [0.717, 1.165) is 16.7 Å². The van der Waals surface area contributed by atoms with E-state index in [-0.39, 0.29) is 23.9 Å². The van der Waals surface area contributed by atoms with E-state index in [4.69, 9.17) is 0 Å². The molecule has 1 fully saturated rings. The maximum absolute atomic E-state index is 13.2. The van der Waals surface area contributed by atoms with Gasteiger partial charge < -0.3 is 5.32 Å². The lowest BCUT2D eigenvalue weighted by Crippen LogP contribution is -2.29. The summed E-state index contributed by atoms with van der Waals surface area (Å²) >= 11 is 0. The first-order valence-electron chi connectivity index (χ1n) is 10.6. The third-order valence-electron chi connectivity index (χ3n) is 5.90. The molecule has 4 nitrogen and oxygen atoms in total. The van der Waals surface area contributed by atoms with Gasteiger partial charge in [-0.25, -0.2) is 0 Å². The van der Waals surface area contributed by atoms with E-state index in [1.165, 1.54) is 0 Å². The van der Waals surface area contributed by atoms with Crippen molar-refractivity contribution >= 4 is 17.5 Å². The molecule has 1 saturated heterocycles. The molecule has 1 aliphatic heterocycles. The fourth-order valence-corrected chi connectivity index (χ4v) is 4.25. The Labute approximate surface area is 182 Å². The summed E-state index contributed by atoms with van der Waals surface area (Å²) in [5.41, 5.74) is 3.09. The van der Waals surface area contributed by atoms with Gasteiger partial charge in [0.05, 0.1) is 6.04 Å². The van der Waals surface area contributed by atoms with Gasteiger partial charge in [0.25, 0.3) is 0 Å². The summed E-state index contributed by atoms with van der Waals surface area (Å²) in [6.07, 6.45) is 1.29. The van der Waals surface area contributed by atoms with Crippen LogP contribution in [-0.4, -0.2) is 23.5 Å². The molecule has 4 rings (SSSR count). The maximum atomic E-state index is 13.2. The number of benzene rings is 3. The van der Waals surface area contributed by atoms with E-state index in [9.17, 15) is 14.4 Å². The molecule has 1 aliphatic rings. The Morgan fingerprint density at radius 3 is 1.84 bits per heavy atom. The van der Waals surface area contributed by atoms with Crippen LogP contribution >= 0.6 is 0 Å². The number of rotatable bonds is 8. The molecule has 1 N–H and O–H groups in total. The molecule has 0 aromatic heterocycles. The van der Waals surface area contributed by atoms with Crippen LogP contribution in [0, 0.1) is 5.92 Å². The molecule has 3 aromatic carbocycles. The van der Waals surface area contributed by atoms with Crippen molar-refractivity contribution in [3.63, 3.8) is 0 Å². The van der Waals surface area contributed by atoms with Crippen molar-refractivity contribution in [2.45, 2.75) is 31.2 Å². The highest BCUT2D eigenvalue weighted by Gasteiger charge is 2.45. The first-order chi connectivity index (χ1) is 15.1. The van der Waals surface area contributed by atoms with Gasteiger partial charge in [-0.2, -0.15) is 0 Å². The van der Waals surface area contributed by atoms with Crippen LogP contribution in [0.15, 0.2) is 91.0 Å². The summed E-state index contributed by atoms with van der Waals surface area (Å²) in [6.45, 7) is 0. The minimum absolute atomic E-state index is 0.114. The Hall–Kier alpha value is -3.53. The lowest BCUT2D eigenvalue weighted by atomic mass is 9.83. The fraction of sp³-hybridized carbons (Fsp3) is 0.222. The monoisotopic (exact) mass is 411 g/mol. The van der Waals surface area contributed by atoms with E-state index >= 15 is 0 Å². The Bertz CT molecular complexity index is 1010. The summed E-state index contributed by atoms with van der Waals surface area (Å²) < 4.78 is 0. The van der Waals surface area contributed by atoms with Crippen LogP contribution in [0.1, 0.15) is 35.4 Å². The van der Waals surface area contributed by atoms with E-state index in [2.05, 4.69) is 5.32 Å². The van der Waals surface area contributed by atoms with Gasteiger partial charge in [0.2, 0.25) is 5.91 Å². The molecule has 0 spiro atoms. The number of carbonyl (C=O) groups is 3. The Kier molecular flexibility index (Phi) is 6.37. The lowest BCUT2D eigenvalue weighted by molar-refractivity contribution is -0.136. The third kappa shape index (κ3) is 4.80. The predicted octanol–water partition coefficient (Wildman–Crippen LogP) is 4.09. The predicted molar refractivity (Wildman–Crippen MR) is 120 cm³/mol. The molecule has 1 heterocycles. The quantitative estimate of drug-likeness (QED) is 0.568. The van der Waals surface area contributed by atoms with Crippen LogP contribution in [0.5, 0.6) is 0 Å². The fourth-order valence-electron chi connectivity index (χ4n) is 4.25. The molecule has 2 unspecified atom stereocenters. The molecule has 0 aliphatic carbocycles. The highest BCUT2D eigenvalue weighted by Crippen LogP contribution is 2.30. The summed E-state index contributed by atoms with van der Waals surface area (Å²) in [5, 5.41) is 2.75. The van der Waals surface area contributed by atoms with E-state index in [1.807, 2.05) is 91.0 Å². The van der Waals surface area contributed by atoms with Crippen molar-refractivity contribution in [1.82, 2.24) is 5.32 Å². The third-order valence-corrected chi connectivity index (χ3v) is 5.90.